The Morgan fingerprint density at radius 3 is 2.64 bits per heavy atom. The summed E-state index contributed by atoms with van der Waals surface area (Å²) in [6.07, 6.45) is 0.433. The van der Waals surface area contributed by atoms with E-state index in [0.717, 1.165) is 5.56 Å². The van der Waals surface area contributed by atoms with Crippen molar-refractivity contribution in [2.75, 3.05) is 31.2 Å². The number of hydrogen-bond donors (Lipinski definition) is 1. The van der Waals surface area contributed by atoms with Gasteiger partial charge in [-0.25, -0.2) is 8.42 Å². The molecule has 2 aromatic carbocycles. The minimum Gasteiger partial charge on any atom is -0.491 e. The van der Waals surface area contributed by atoms with Gasteiger partial charge in [-0.3, -0.25) is 9.10 Å². The zero-order valence-electron chi connectivity index (χ0n) is 15.9. The molecule has 0 saturated heterocycles. The van der Waals surface area contributed by atoms with Gasteiger partial charge in [-0.2, -0.15) is 0 Å². The van der Waals surface area contributed by atoms with Crippen LogP contribution in [0.5, 0.6) is 5.75 Å². The van der Waals surface area contributed by atoms with Crippen LogP contribution in [0.3, 0.4) is 0 Å². The highest BCUT2D eigenvalue weighted by Gasteiger charge is 2.35. The lowest BCUT2D eigenvalue weighted by atomic mass is 9.93. The summed E-state index contributed by atoms with van der Waals surface area (Å²) in [5.74, 6) is -0.472. The number of nitrogens with zero attached hydrogens (tertiary/aromatic N) is 1. The molecule has 0 fully saturated rings. The second-order valence-corrected chi connectivity index (χ2v) is 8.60. The van der Waals surface area contributed by atoms with Crippen LogP contribution in [0.25, 0.3) is 0 Å². The van der Waals surface area contributed by atoms with E-state index in [1.54, 1.807) is 38.3 Å². The smallest absolute Gasteiger partial charge is 0.264 e. The van der Waals surface area contributed by atoms with Crippen LogP contribution in [0.1, 0.15) is 11.1 Å². The molecule has 28 heavy (non-hydrogen) atoms. The van der Waals surface area contributed by atoms with Crippen LogP contribution in [-0.4, -0.2) is 41.2 Å². The summed E-state index contributed by atoms with van der Waals surface area (Å²) in [4.78, 5) is 11.9. The molecule has 1 aliphatic heterocycles. The third-order valence-electron chi connectivity index (χ3n) is 4.79. The Morgan fingerprint density at radius 1 is 1.21 bits per heavy atom. The summed E-state index contributed by atoms with van der Waals surface area (Å²) >= 11 is 0. The Kier molecular flexibility index (Phi) is 5.90. The summed E-state index contributed by atoms with van der Waals surface area (Å²) in [5, 5.41) is 0. The molecule has 0 aromatic heterocycles. The van der Waals surface area contributed by atoms with Gasteiger partial charge in [-0.1, -0.05) is 18.2 Å². The molecule has 1 heterocycles. The molecule has 0 spiro atoms. The summed E-state index contributed by atoms with van der Waals surface area (Å²) in [7, 11) is -2.28. The van der Waals surface area contributed by atoms with E-state index in [9.17, 15) is 13.2 Å². The van der Waals surface area contributed by atoms with Gasteiger partial charge in [0.1, 0.15) is 12.4 Å². The second-order valence-electron chi connectivity index (χ2n) is 6.74. The molecular weight excluding hydrogens is 380 g/mol. The number of ether oxygens (including phenoxy) is 2. The molecule has 7 nitrogen and oxygen atoms in total. The maximum Gasteiger partial charge on any atom is 0.264 e. The zero-order chi connectivity index (χ0) is 20.3. The highest BCUT2D eigenvalue weighted by Crippen LogP contribution is 2.34. The first kappa shape index (κ1) is 20.2. The van der Waals surface area contributed by atoms with Crippen LogP contribution < -0.4 is 14.8 Å². The Morgan fingerprint density at radius 2 is 1.96 bits per heavy atom. The number of amides is 1. The number of para-hydroxylation sites is 1. The number of benzene rings is 2. The standard InChI is InChI=1S/C20H24N2O5S/c1-14-11-17(7-8-19(14)27-10-9-26-2)28(24,25)22-13-16(20(21)23)12-15-5-3-4-6-18(15)22/h3-8,11,16H,9-10,12-13H2,1-2H3,(H2,21,23)/t16-/m0/s1. The number of nitrogens with two attached hydrogens (primary N) is 1. The van der Waals surface area contributed by atoms with Gasteiger partial charge < -0.3 is 15.2 Å². The topological polar surface area (TPSA) is 98.9 Å². The largest absolute Gasteiger partial charge is 0.491 e. The monoisotopic (exact) mass is 404 g/mol. The highest BCUT2D eigenvalue weighted by atomic mass is 32.2. The van der Waals surface area contributed by atoms with Gasteiger partial charge in [0, 0.05) is 13.7 Å². The fraction of sp³-hybridized carbons (Fsp3) is 0.350. The quantitative estimate of drug-likeness (QED) is 0.711. The number of anilines is 1. The normalized spacial score (nSPS) is 16.5. The van der Waals surface area contributed by atoms with E-state index in [1.165, 1.54) is 10.4 Å². The minimum absolute atomic E-state index is 0.0276. The van der Waals surface area contributed by atoms with Crippen molar-refractivity contribution in [2.24, 2.45) is 11.7 Å². The van der Waals surface area contributed by atoms with Crippen molar-refractivity contribution < 1.29 is 22.7 Å². The van der Waals surface area contributed by atoms with Crippen LogP contribution in [0.4, 0.5) is 5.69 Å². The molecule has 2 N–H and O–H groups in total. The van der Waals surface area contributed by atoms with E-state index >= 15 is 0 Å². The van der Waals surface area contributed by atoms with Gasteiger partial charge in [0.25, 0.3) is 10.0 Å². The number of aryl methyl sites for hydroxylation is 1. The number of primary amides is 1. The van der Waals surface area contributed by atoms with Crippen LogP contribution in [0.15, 0.2) is 47.4 Å². The molecule has 0 unspecified atom stereocenters. The molecule has 8 heteroatoms. The fourth-order valence-corrected chi connectivity index (χ4v) is 4.91. The molecule has 1 atom stereocenters. The highest BCUT2D eigenvalue weighted by molar-refractivity contribution is 7.92. The van der Waals surface area contributed by atoms with Crippen molar-refractivity contribution in [3.63, 3.8) is 0 Å². The molecule has 1 aliphatic rings. The third-order valence-corrected chi connectivity index (χ3v) is 6.57. The average Bonchev–Trinajstić information content (AvgIpc) is 2.68. The SMILES string of the molecule is COCCOc1ccc(S(=O)(=O)N2C[C@@H](C(N)=O)Cc3ccccc32)cc1C. The van der Waals surface area contributed by atoms with Crippen LogP contribution in [-0.2, 0) is 26.0 Å². The Labute approximate surface area is 165 Å². The number of rotatable bonds is 7. The molecule has 0 radical (unpaired) electrons. The molecule has 0 saturated carbocycles. The maximum atomic E-state index is 13.4. The van der Waals surface area contributed by atoms with Gasteiger partial charge in [0.2, 0.25) is 5.91 Å². The second kappa shape index (κ2) is 8.20. The van der Waals surface area contributed by atoms with Crippen molar-refractivity contribution in [3.8, 4) is 5.75 Å². The maximum absolute atomic E-state index is 13.4. The summed E-state index contributed by atoms with van der Waals surface area (Å²) in [5.41, 5.74) is 7.56. The van der Waals surface area contributed by atoms with Crippen molar-refractivity contribution in [1.29, 1.82) is 0 Å². The van der Waals surface area contributed by atoms with Gasteiger partial charge in [-0.15, -0.1) is 0 Å². The Balaban J connectivity index is 1.96. The predicted molar refractivity (Wildman–Crippen MR) is 106 cm³/mol. The first-order valence-electron chi connectivity index (χ1n) is 8.97. The summed E-state index contributed by atoms with van der Waals surface area (Å²) in [6, 6.07) is 11.9. The first-order chi connectivity index (χ1) is 13.3. The molecule has 3 rings (SSSR count). The first-order valence-corrected chi connectivity index (χ1v) is 10.4. The van der Waals surface area contributed by atoms with E-state index in [4.69, 9.17) is 15.2 Å². The van der Waals surface area contributed by atoms with E-state index in [2.05, 4.69) is 0 Å². The molecule has 0 aliphatic carbocycles. The van der Waals surface area contributed by atoms with Gasteiger partial charge in [0.15, 0.2) is 0 Å². The van der Waals surface area contributed by atoms with Gasteiger partial charge in [-0.05, 0) is 48.7 Å². The Hall–Kier alpha value is -2.58. The lowest BCUT2D eigenvalue weighted by Gasteiger charge is -2.34. The van der Waals surface area contributed by atoms with E-state index in [0.29, 0.717) is 36.6 Å². The molecule has 1 amide bonds. The van der Waals surface area contributed by atoms with E-state index in [-0.39, 0.29) is 11.4 Å². The average molecular weight is 404 g/mol. The number of sulfonamides is 1. The Bertz CT molecular complexity index is 974. The van der Waals surface area contributed by atoms with E-state index < -0.39 is 21.8 Å². The minimum atomic E-state index is -3.86. The number of carbonyl (C=O) groups is 1. The number of fused-ring (bicyclic) bond motifs is 1. The molecule has 2 aromatic rings. The summed E-state index contributed by atoms with van der Waals surface area (Å²) in [6.45, 7) is 2.64. The van der Waals surface area contributed by atoms with Gasteiger partial charge >= 0.3 is 0 Å². The number of methoxy groups -OCH3 is 1. The van der Waals surface area contributed by atoms with Crippen molar-refractivity contribution in [1.82, 2.24) is 0 Å². The lowest BCUT2D eigenvalue weighted by molar-refractivity contribution is -0.121. The molecular formula is C20H24N2O5S. The lowest BCUT2D eigenvalue weighted by Crippen LogP contribution is -2.44. The van der Waals surface area contributed by atoms with Crippen LogP contribution in [0, 0.1) is 12.8 Å². The van der Waals surface area contributed by atoms with Crippen LogP contribution >= 0.6 is 0 Å². The number of hydrogen-bond acceptors (Lipinski definition) is 5. The van der Waals surface area contributed by atoms with Crippen molar-refractivity contribution >= 4 is 21.6 Å². The number of carbonyl (C=O) groups excluding carboxylic acids is 1. The third kappa shape index (κ3) is 3.98. The van der Waals surface area contributed by atoms with E-state index in [1.807, 2.05) is 12.1 Å². The van der Waals surface area contributed by atoms with Crippen LogP contribution in [0.2, 0.25) is 0 Å². The fourth-order valence-electron chi connectivity index (χ4n) is 3.28. The zero-order valence-corrected chi connectivity index (χ0v) is 16.7. The molecule has 150 valence electrons. The molecule has 0 bridgehead atoms. The summed E-state index contributed by atoms with van der Waals surface area (Å²) < 4.78 is 38.5. The van der Waals surface area contributed by atoms with Crippen molar-refractivity contribution in [2.45, 2.75) is 18.2 Å². The predicted octanol–water partition coefficient (Wildman–Crippen LogP) is 1.87. The van der Waals surface area contributed by atoms with Crippen molar-refractivity contribution in [3.05, 3.63) is 53.6 Å². The van der Waals surface area contributed by atoms with Gasteiger partial charge in [0.05, 0.1) is 23.1 Å².